The van der Waals surface area contributed by atoms with Crippen molar-refractivity contribution in [2.75, 3.05) is 7.11 Å². The van der Waals surface area contributed by atoms with E-state index in [4.69, 9.17) is 0 Å². The first-order valence-corrected chi connectivity index (χ1v) is 4.51. The summed E-state index contributed by atoms with van der Waals surface area (Å²) in [6, 6.07) is 0. The van der Waals surface area contributed by atoms with Crippen molar-refractivity contribution in [1.82, 2.24) is 0 Å². The average Bonchev–Trinajstić information content (AvgIpc) is 2.51. The van der Waals surface area contributed by atoms with Crippen LogP contribution in [0.15, 0.2) is 12.2 Å². The lowest BCUT2D eigenvalue weighted by atomic mass is 9.88. The molecule has 0 aliphatic heterocycles. The van der Waals surface area contributed by atoms with Crippen LogP contribution in [0.1, 0.15) is 13.3 Å². The van der Waals surface area contributed by atoms with Gasteiger partial charge in [-0.3, -0.25) is 9.59 Å². The normalized spacial score (nSPS) is 27.4. The van der Waals surface area contributed by atoms with Gasteiger partial charge in [-0.25, -0.2) is 0 Å². The summed E-state index contributed by atoms with van der Waals surface area (Å²) in [5.41, 5.74) is 0. The van der Waals surface area contributed by atoms with Crippen molar-refractivity contribution in [2.45, 2.75) is 19.4 Å². The summed E-state index contributed by atoms with van der Waals surface area (Å²) in [6.45, 7) is 1.36. The van der Waals surface area contributed by atoms with Crippen molar-refractivity contribution in [3.63, 3.8) is 0 Å². The van der Waals surface area contributed by atoms with Crippen LogP contribution in [0.4, 0.5) is 0 Å². The van der Waals surface area contributed by atoms with Gasteiger partial charge in [0.15, 0.2) is 0 Å². The minimum absolute atomic E-state index is 0.222. The largest absolute Gasteiger partial charge is 0.468 e. The Hall–Kier alpha value is -1.16. The molecule has 0 amide bonds. The molecule has 0 aromatic carbocycles. The third-order valence-electron chi connectivity index (χ3n) is 2.42. The molecule has 1 aliphatic carbocycles. The number of ketones is 1. The fourth-order valence-electron chi connectivity index (χ4n) is 1.72. The SMILES string of the molecule is COC(=O)C(C(C)=O)[C@H]1C=C[C@@H](O)C1. The molecular weight excluding hydrogens is 184 g/mol. The van der Waals surface area contributed by atoms with E-state index in [0.29, 0.717) is 6.42 Å². The molecule has 4 nitrogen and oxygen atoms in total. The summed E-state index contributed by atoms with van der Waals surface area (Å²) in [7, 11) is 1.26. The Morgan fingerprint density at radius 2 is 2.14 bits per heavy atom. The number of esters is 1. The molecule has 1 aliphatic rings. The number of carbonyl (C=O) groups is 2. The van der Waals surface area contributed by atoms with E-state index in [2.05, 4.69) is 4.74 Å². The number of hydrogen-bond acceptors (Lipinski definition) is 4. The number of rotatable bonds is 3. The number of methoxy groups -OCH3 is 1. The van der Waals surface area contributed by atoms with Crippen molar-refractivity contribution >= 4 is 11.8 Å². The highest BCUT2D eigenvalue weighted by Crippen LogP contribution is 2.27. The Labute approximate surface area is 82.6 Å². The lowest BCUT2D eigenvalue weighted by Crippen LogP contribution is -2.30. The zero-order chi connectivity index (χ0) is 10.7. The minimum atomic E-state index is -0.770. The molecule has 1 unspecified atom stereocenters. The van der Waals surface area contributed by atoms with E-state index in [1.807, 2.05) is 0 Å². The molecule has 0 heterocycles. The maximum absolute atomic E-state index is 11.3. The molecule has 0 spiro atoms. The molecule has 78 valence electrons. The predicted molar refractivity (Wildman–Crippen MR) is 49.4 cm³/mol. The van der Waals surface area contributed by atoms with Crippen molar-refractivity contribution in [1.29, 1.82) is 0 Å². The summed E-state index contributed by atoms with van der Waals surface area (Å²) in [4.78, 5) is 22.5. The standard InChI is InChI=1S/C10H14O4/c1-6(11)9(10(13)14-2)7-3-4-8(12)5-7/h3-4,7-9,12H,5H2,1-2H3/t7-,8+,9?/m0/s1. The van der Waals surface area contributed by atoms with E-state index < -0.39 is 18.0 Å². The number of allylic oxidation sites excluding steroid dienone is 1. The molecule has 0 aromatic rings. The molecule has 4 heteroatoms. The summed E-state index contributed by atoms with van der Waals surface area (Å²) in [5, 5.41) is 9.23. The van der Waals surface area contributed by atoms with Crippen LogP contribution in [0, 0.1) is 11.8 Å². The average molecular weight is 198 g/mol. The van der Waals surface area contributed by atoms with Crippen LogP contribution >= 0.6 is 0 Å². The third-order valence-corrected chi connectivity index (χ3v) is 2.42. The quantitative estimate of drug-likeness (QED) is 0.402. The maximum atomic E-state index is 11.3. The van der Waals surface area contributed by atoms with E-state index >= 15 is 0 Å². The fraction of sp³-hybridized carbons (Fsp3) is 0.600. The fourth-order valence-corrected chi connectivity index (χ4v) is 1.72. The molecule has 1 N–H and O–H groups in total. The lowest BCUT2D eigenvalue weighted by molar-refractivity contribution is -0.150. The zero-order valence-corrected chi connectivity index (χ0v) is 8.27. The van der Waals surface area contributed by atoms with Gasteiger partial charge in [-0.2, -0.15) is 0 Å². The van der Waals surface area contributed by atoms with Crippen molar-refractivity contribution in [3.05, 3.63) is 12.2 Å². The number of carbonyl (C=O) groups excluding carboxylic acids is 2. The van der Waals surface area contributed by atoms with Gasteiger partial charge in [0.25, 0.3) is 0 Å². The molecule has 0 bridgehead atoms. The second-order valence-corrected chi connectivity index (χ2v) is 3.46. The molecule has 0 saturated heterocycles. The molecule has 1 rings (SSSR count). The zero-order valence-electron chi connectivity index (χ0n) is 8.27. The Morgan fingerprint density at radius 3 is 2.50 bits per heavy atom. The molecule has 0 aromatic heterocycles. The Morgan fingerprint density at radius 1 is 1.50 bits per heavy atom. The first-order chi connectivity index (χ1) is 6.56. The molecule has 0 fully saturated rings. The topological polar surface area (TPSA) is 63.6 Å². The second-order valence-electron chi connectivity index (χ2n) is 3.46. The highest BCUT2D eigenvalue weighted by Gasteiger charge is 2.34. The summed E-state index contributed by atoms with van der Waals surface area (Å²) >= 11 is 0. The predicted octanol–water partition coefficient (Wildman–Crippen LogP) is 0.302. The second kappa shape index (κ2) is 4.37. The Kier molecular flexibility index (Phi) is 3.41. The van der Waals surface area contributed by atoms with E-state index in [0.717, 1.165) is 0 Å². The van der Waals surface area contributed by atoms with E-state index in [1.165, 1.54) is 14.0 Å². The van der Waals surface area contributed by atoms with Gasteiger partial charge in [0, 0.05) is 0 Å². The summed E-state index contributed by atoms with van der Waals surface area (Å²) < 4.78 is 4.55. The number of ether oxygens (including phenoxy) is 1. The molecule has 0 saturated carbocycles. The molecule has 14 heavy (non-hydrogen) atoms. The van der Waals surface area contributed by atoms with Gasteiger partial charge in [-0.1, -0.05) is 12.2 Å². The van der Waals surface area contributed by atoms with Crippen LogP contribution in [-0.4, -0.2) is 30.1 Å². The third kappa shape index (κ3) is 2.20. The van der Waals surface area contributed by atoms with E-state index in [1.54, 1.807) is 12.2 Å². The number of aliphatic hydroxyl groups excluding tert-OH is 1. The van der Waals surface area contributed by atoms with Crippen LogP contribution in [0.5, 0.6) is 0 Å². The van der Waals surface area contributed by atoms with Gasteiger partial charge < -0.3 is 9.84 Å². The molecular formula is C10H14O4. The first-order valence-electron chi connectivity index (χ1n) is 4.51. The maximum Gasteiger partial charge on any atom is 0.316 e. The molecule has 3 atom stereocenters. The number of Topliss-reactive ketones (excluding diaryl/α,β-unsaturated/α-hetero) is 1. The minimum Gasteiger partial charge on any atom is -0.468 e. The van der Waals surface area contributed by atoms with Crippen LogP contribution in [0.3, 0.4) is 0 Å². The highest BCUT2D eigenvalue weighted by atomic mass is 16.5. The summed E-state index contributed by atoms with van der Waals surface area (Å²) in [5.74, 6) is -1.75. The smallest absolute Gasteiger partial charge is 0.316 e. The molecule has 0 radical (unpaired) electrons. The van der Waals surface area contributed by atoms with Crippen LogP contribution in [-0.2, 0) is 14.3 Å². The van der Waals surface area contributed by atoms with Gasteiger partial charge in [-0.15, -0.1) is 0 Å². The highest BCUT2D eigenvalue weighted by molar-refractivity contribution is 5.98. The lowest BCUT2D eigenvalue weighted by Gasteiger charge is -2.17. The van der Waals surface area contributed by atoms with Crippen LogP contribution in [0.25, 0.3) is 0 Å². The first kappa shape index (κ1) is 10.9. The van der Waals surface area contributed by atoms with Crippen LogP contribution < -0.4 is 0 Å². The number of aliphatic hydroxyl groups is 1. The number of hydrogen-bond donors (Lipinski definition) is 1. The summed E-state index contributed by atoms with van der Waals surface area (Å²) in [6.07, 6.45) is 3.17. The van der Waals surface area contributed by atoms with Crippen molar-refractivity contribution < 1.29 is 19.4 Å². The van der Waals surface area contributed by atoms with Gasteiger partial charge in [0.1, 0.15) is 11.7 Å². The van der Waals surface area contributed by atoms with Gasteiger partial charge >= 0.3 is 5.97 Å². The van der Waals surface area contributed by atoms with Crippen molar-refractivity contribution in [3.8, 4) is 0 Å². The van der Waals surface area contributed by atoms with Gasteiger partial charge in [0.05, 0.1) is 13.2 Å². The van der Waals surface area contributed by atoms with Crippen molar-refractivity contribution in [2.24, 2.45) is 11.8 Å². The monoisotopic (exact) mass is 198 g/mol. The Balaban J connectivity index is 2.74. The van der Waals surface area contributed by atoms with E-state index in [-0.39, 0.29) is 11.7 Å². The van der Waals surface area contributed by atoms with E-state index in [9.17, 15) is 14.7 Å². The van der Waals surface area contributed by atoms with Gasteiger partial charge in [-0.05, 0) is 19.3 Å². The van der Waals surface area contributed by atoms with Gasteiger partial charge in [0.2, 0.25) is 0 Å². The Bertz CT molecular complexity index is 269. The van der Waals surface area contributed by atoms with Crippen LogP contribution in [0.2, 0.25) is 0 Å².